The zero-order chi connectivity index (χ0) is 19.1. The second-order valence-corrected chi connectivity index (χ2v) is 5.99. The quantitative estimate of drug-likeness (QED) is 0.344. The third-order valence-electron chi connectivity index (χ3n) is 4.36. The largest absolute Gasteiger partial charge is 0.356 e. The van der Waals surface area contributed by atoms with Crippen molar-refractivity contribution in [3.8, 4) is 0 Å². The van der Waals surface area contributed by atoms with E-state index in [-0.39, 0.29) is 18.1 Å². The van der Waals surface area contributed by atoms with Gasteiger partial charge in [-0.15, -0.1) is 0 Å². The molecule has 25 heavy (non-hydrogen) atoms. The number of ketones is 1. The minimum Gasteiger partial charge on any atom is -0.356 e. The molecule has 1 aromatic rings. The second-order valence-electron chi connectivity index (χ2n) is 5.99. The van der Waals surface area contributed by atoms with E-state index < -0.39 is 5.91 Å². The van der Waals surface area contributed by atoms with Crippen molar-refractivity contribution in [3.63, 3.8) is 0 Å². The van der Waals surface area contributed by atoms with E-state index in [1.807, 2.05) is 34.6 Å². The summed E-state index contributed by atoms with van der Waals surface area (Å²) in [6.45, 7) is 11.8. The van der Waals surface area contributed by atoms with E-state index in [0.29, 0.717) is 13.0 Å². The van der Waals surface area contributed by atoms with E-state index in [9.17, 15) is 14.4 Å². The number of carbonyl (C=O) groups excluding carboxylic acids is 3. The van der Waals surface area contributed by atoms with E-state index in [1.165, 1.54) is 0 Å². The summed E-state index contributed by atoms with van der Waals surface area (Å²) in [5.41, 5.74) is 7.80. The van der Waals surface area contributed by atoms with Gasteiger partial charge in [-0.2, -0.15) is 5.10 Å². The summed E-state index contributed by atoms with van der Waals surface area (Å²) in [4.78, 5) is 35.2. The van der Waals surface area contributed by atoms with Crippen LogP contribution in [0.25, 0.3) is 0 Å². The van der Waals surface area contributed by atoms with Crippen LogP contribution in [0.2, 0.25) is 0 Å². The van der Waals surface area contributed by atoms with Crippen molar-refractivity contribution in [1.29, 1.82) is 0 Å². The molecule has 1 rings (SSSR count). The number of Topliss-reactive ketones (excluding diaryl/α,β-unsaturated/α-hetero) is 1. The highest BCUT2D eigenvalue weighted by Crippen LogP contribution is 2.26. The fourth-order valence-corrected chi connectivity index (χ4v) is 2.74. The first-order chi connectivity index (χ1) is 11.7. The van der Waals surface area contributed by atoms with E-state index in [2.05, 4.69) is 15.8 Å². The van der Waals surface area contributed by atoms with Gasteiger partial charge in [-0.25, -0.2) is 5.43 Å². The molecule has 2 N–H and O–H groups in total. The summed E-state index contributed by atoms with van der Waals surface area (Å²) in [5, 5.41) is 6.52. The number of nitrogens with one attached hydrogen (secondary N) is 2. The van der Waals surface area contributed by atoms with Gasteiger partial charge in [0.25, 0.3) is 0 Å². The van der Waals surface area contributed by atoms with Crippen molar-refractivity contribution in [2.45, 2.75) is 54.4 Å². The Labute approximate surface area is 149 Å². The van der Waals surface area contributed by atoms with Gasteiger partial charge in [-0.1, -0.05) is 6.92 Å². The van der Waals surface area contributed by atoms with Gasteiger partial charge < -0.3 is 5.32 Å². The maximum Gasteiger partial charge on any atom is 0.249 e. The maximum atomic E-state index is 12.2. The van der Waals surface area contributed by atoms with Crippen molar-refractivity contribution in [1.82, 2.24) is 10.7 Å². The van der Waals surface area contributed by atoms with Crippen molar-refractivity contribution in [2.75, 3.05) is 6.54 Å². The monoisotopic (exact) mass is 345 g/mol. The van der Waals surface area contributed by atoms with Gasteiger partial charge in [0.1, 0.15) is 6.42 Å². The molecule has 0 aliphatic carbocycles. The molecule has 0 aliphatic rings. The number of hydrogen-bond donors (Lipinski definition) is 2. The molecule has 0 saturated heterocycles. The fourth-order valence-electron chi connectivity index (χ4n) is 2.74. The highest BCUT2D eigenvalue weighted by Gasteiger charge is 2.18. The van der Waals surface area contributed by atoms with Crippen LogP contribution in [0.5, 0.6) is 0 Å². The van der Waals surface area contributed by atoms with Crippen LogP contribution in [-0.2, 0) is 9.59 Å². The summed E-state index contributed by atoms with van der Waals surface area (Å²) >= 11 is 0. The van der Waals surface area contributed by atoms with Gasteiger partial charge in [0.15, 0.2) is 5.78 Å². The lowest BCUT2D eigenvalue weighted by molar-refractivity contribution is -0.129. The molecule has 136 valence electrons. The molecule has 1 aromatic carbocycles. The van der Waals surface area contributed by atoms with Gasteiger partial charge in [-0.3, -0.25) is 14.4 Å². The van der Waals surface area contributed by atoms with Crippen LogP contribution in [0.4, 0.5) is 0 Å². The van der Waals surface area contributed by atoms with Crippen LogP contribution < -0.4 is 10.7 Å². The number of hydrazone groups is 1. The lowest BCUT2D eigenvalue weighted by atomic mass is 9.87. The molecular weight excluding hydrogens is 318 g/mol. The van der Waals surface area contributed by atoms with Gasteiger partial charge >= 0.3 is 0 Å². The van der Waals surface area contributed by atoms with Gasteiger partial charge in [0.2, 0.25) is 11.8 Å². The molecule has 6 nitrogen and oxygen atoms in total. The maximum absolute atomic E-state index is 12.2. The molecule has 0 radical (unpaired) electrons. The Morgan fingerprint density at radius 3 is 1.96 bits per heavy atom. The van der Waals surface area contributed by atoms with E-state index >= 15 is 0 Å². The fraction of sp³-hybridized carbons (Fsp3) is 0.474. The number of amides is 2. The van der Waals surface area contributed by atoms with Crippen LogP contribution in [0.3, 0.4) is 0 Å². The smallest absolute Gasteiger partial charge is 0.249 e. The van der Waals surface area contributed by atoms with Crippen LogP contribution in [0, 0.1) is 27.7 Å². The molecule has 0 aliphatic heterocycles. The first kappa shape index (κ1) is 20.5. The number of benzene rings is 1. The number of nitrogens with zero attached hydrogens (tertiary/aromatic N) is 1. The normalized spacial score (nSPS) is 10.8. The molecule has 0 fully saturated rings. The summed E-state index contributed by atoms with van der Waals surface area (Å²) in [6, 6.07) is 0. The number of rotatable bonds is 7. The standard InChI is InChI=1S/C19H27N3O3/c1-7-16(23)19-13(5)11(3)15(12(4)14(19)6)10-21-22-18(25)9-17(24)20-8-2/h10H,7-9H2,1-6H3,(H,20,24)(H,22,25)/b21-10+. The van der Waals surface area contributed by atoms with Crippen LogP contribution >= 0.6 is 0 Å². The van der Waals surface area contributed by atoms with Gasteiger partial charge in [0.05, 0.1) is 6.21 Å². The first-order valence-corrected chi connectivity index (χ1v) is 8.46. The van der Waals surface area contributed by atoms with Crippen LogP contribution in [-0.4, -0.2) is 30.4 Å². The Hall–Kier alpha value is -2.50. The Kier molecular flexibility index (Phi) is 7.48. The Morgan fingerprint density at radius 1 is 0.920 bits per heavy atom. The lowest BCUT2D eigenvalue weighted by Crippen LogP contribution is -2.29. The molecule has 0 heterocycles. The Morgan fingerprint density at radius 2 is 1.48 bits per heavy atom. The SMILES string of the molecule is CCNC(=O)CC(=O)N/N=C/c1c(C)c(C)c(C(=O)CC)c(C)c1C. The van der Waals surface area contributed by atoms with Crippen molar-refractivity contribution >= 4 is 23.8 Å². The Balaban J connectivity index is 3.02. The van der Waals surface area contributed by atoms with Crippen LogP contribution in [0.1, 0.15) is 64.9 Å². The van der Waals surface area contributed by atoms with Gasteiger partial charge in [0, 0.05) is 24.1 Å². The molecule has 0 atom stereocenters. The zero-order valence-corrected chi connectivity index (χ0v) is 15.9. The van der Waals surface area contributed by atoms with Crippen molar-refractivity contribution < 1.29 is 14.4 Å². The third-order valence-corrected chi connectivity index (χ3v) is 4.36. The minimum atomic E-state index is -0.469. The van der Waals surface area contributed by atoms with Crippen molar-refractivity contribution in [3.05, 3.63) is 33.4 Å². The highest BCUT2D eigenvalue weighted by atomic mass is 16.2. The average Bonchev–Trinajstić information content (AvgIpc) is 2.56. The predicted molar refractivity (Wildman–Crippen MR) is 99.0 cm³/mol. The molecule has 2 amide bonds. The third kappa shape index (κ3) is 4.98. The van der Waals surface area contributed by atoms with Gasteiger partial charge in [-0.05, 0) is 56.9 Å². The first-order valence-electron chi connectivity index (χ1n) is 8.46. The average molecular weight is 345 g/mol. The molecule has 0 spiro atoms. The minimum absolute atomic E-state index is 0.125. The van der Waals surface area contributed by atoms with Crippen molar-refractivity contribution in [2.24, 2.45) is 5.10 Å². The highest BCUT2D eigenvalue weighted by molar-refractivity contribution is 6.01. The number of hydrogen-bond acceptors (Lipinski definition) is 4. The second kappa shape index (κ2) is 9.11. The molecule has 0 aromatic heterocycles. The summed E-state index contributed by atoms with van der Waals surface area (Å²) in [6.07, 6.45) is 1.77. The lowest BCUT2D eigenvalue weighted by Gasteiger charge is -2.17. The summed E-state index contributed by atoms with van der Waals surface area (Å²) in [7, 11) is 0. The van der Waals surface area contributed by atoms with Crippen LogP contribution in [0.15, 0.2) is 5.10 Å². The van der Waals surface area contributed by atoms with E-state index in [0.717, 1.165) is 33.4 Å². The van der Waals surface area contributed by atoms with E-state index in [4.69, 9.17) is 0 Å². The Bertz CT molecular complexity index is 692. The summed E-state index contributed by atoms with van der Waals surface area (Å²) < 4.78 is 0. The predicted octanol–water partition coefficient (Wildman–Crippen LogP) is 2.49. The summed E-state index contributed by atoms with van der Waals surface area (Å²) in [5.74, 6) is -0.680. The molecular formula is C19H27N3O3. The number of carbonyl (C=O) groups is 3. The molecule has 6 heteroatoms. The van der Waals surface area contributed by atoms with E-state index in [1.54, 1.807) is 13.1 Å². The molecule has 0 unspecified atom stereocenters. The molecule has 0 bridgehead atoms. The topological polar surface area (TPSA) is 87.6 Å². The zero-order valence-electron chi connectivity index (χ0n) is 15.9. The molecule has 0 saturated carbocycles.